The summed E-state index contributed by atoms with van der Waals surface area (Å²) in [7, 11) is 0. The lowest BCUT2D eigenvalue weighted by molar-refractivity contribution is -0.114. The first-order chi connectivity index (χ1) is 14.5. The number of nitrogens with zero attached hydrogens (tertiary/aromatic N) is 1. The Labute approximate surface area is 176 Å². The second kappa shape index (κ2) is 10.1. The fourth-order valence-electron chi connectivity index (χ4n) is 3.28. The molecule has 3 rings (SSSR count). The van der Waals surface area contributed by atoms with Crippen LogP contribution in [0.2, 0.25) is 0 Å². The molecule has 0 heterocycles. The predicted molar refractivity (Wildman–Crippen MR) is 118 cm³/mol. The van der Waals surface area contributed by atoms with Gasteiger partial charge in [0, 0.05) is 30.6 Å². The summed E-state index contributed by atoms with van der Waals surface area (Å²) < 4.78 is 19.3. The molecule has 1 aliphatic rings. The average Bonchev–Trinajstić information content (AvgIpc) is 3.50. The summed E-state index contributed by atoms with van der Waals surface area (Å²) in [4.78, 5) is 15.9. The standard InChI is InChI=1S/C23H29FN4O2/c1-3-25-22(27-16-23(10-11-23)18-6-4-7-19(24)14-18)26-12-13-30-21-9-5-8-20(15-21)28-17(2)29/h4-9,14-15H,3,10-13,16H2,1-2H3,(H,28,29)(H2,25,26,27). The van der Waals surface area contributed by atoms with Crippen molar-refractivity contribution in [3.63, 3.8) is 0 Å². The van der Waals surface area contributed by atoms with E-state index in [0.717, 1.165) is 30.9 Å². The molecule has 0 radical (unpaired) electrons. The summed E-state index contributed by atoms with van der Waals surface area (Å²) in [5.74, 6) is 1.09. The van der Waals surface area contributed by atoms with Gasteiger partial charge in [-0.15, -0.1) is 0 Å². The summed E-state index contributed by atoms with van der Waals surface area (Å²) in [6, 6.07) is 14.1. The Balaban J connectivity index is 1.50. The maximum atomic E-state index is 13.6. The maximum Gasteiger partial charge on any atom is 0.221 e. The van der Waals surface area contributed by atoms with Crippen LogP contribution in [-0.4, -0.2) is 38.1 Å². The smallest absolute Gasteiger partial charge is 0.221 e. The van der Waals surface area contributed by atoms with Gasteiger partial charge in [-0.1, -0.05) is 18.2 Å². The van der Waals surface area contributed by atoms with Crippen LogP contribution in [0.25, 0.3) is 0 Å². The minimum Gasteiger partial charge on any atom is -0.492 e. The molecule has 0 unspecified atom stereocenters. The number of rotatable bonds is 9. The number of hydrogen-bond acceptors (Lipinski definition) is 3. The van der Waals surface area contributed by atoms with Crippen molar-refractivity contribution in [3.8, 4) is 5.75 Å². The van der Waals surface area contributed by atoms with Crippen LogP contribution in [-0.2, 0) is 10.2 Å². The lowest BCUT2D eigenvalue weighted by atomic mass is 9.96. The molecule has 0 aromatic heterocycles. The number of amides is 1. The molecule has 0 saturated heterocycles. The largest absolute Gasteiger partial charge is 0.492 e. The topological polar surface area (TPSA) is 74.8 Å². The van der Waals surface area contributed by atoms with E-state index in [1.165, 1.54) is 13.0 Å². The predicted octanol–water partition coefficient (Wildman–Crippen LogP) is 3.45. The monoisotopic (exact) mass is 412 g/mol. The molecule has 0 bridgehead atoms. The van der Waals surface area contributed by atoms with Crippen LogP contribution in [0.3, 0.4) is 0 Å². The zero-order chi connectivity index (χ0) is 21.4. The third-order valence-corrected chi connectivity index (χ3v) is 4.99. The number of ether oxygens (including phenoxy) is 1. The van der Waals surface area contributed by atoms with Crippen molar-refractivity contribution in [2.75, 3.05) is 31.6 Å². The lowest BCUT2D eigenvalue weighted by Gasteiger charge is -2.16. The fraction of sp³-hybridized carbons (Fsp3) is 0.391. The molecule has 0 aliphatic heterocycles. The van der Waals surface area contributed by atoms with E-state index < -0.39 is 0 Å². The molecule has 2 aromatic carbocycles. The van der Waals surface area contributed by atoms with Crippen LogP contribution >= 0.6 is 0 Å². The molecule has 160 valence electrons. The van der Waals surface area contributed by atoms with E-state index in [-0.39, 0.29) is 17.1 Å². The van der Waals surface area contributed by atoms with Gasteiger partial charge >= 0.3 is 0 Å². The number of guanidine groups is 1. The third kappa shape index (κ3) is 6.20. The Kier molecular flexibility index (Phi) is 7.27. The normalized spacial score (nSPS) is 14.7. The van der Waals surface area contributed by atoms with Crippen LogP contribution in [0, 0.1) is 5.82 Å². The van der Waals surface area contributed by atoms with E-state index in [1.807, 2.05) is 31.2 Å². The van der Waals surface area contributed by atoms with Crippen LogP contribution in [0.1, 0.15) is 32.3 Å². The first kappa shape index (κ1) is 21.6. The molecule has 6 nitrogen and oxygen atoms in total. The summed E-state index contributed by atoms with van der Waals surface area (Å²) in [6.07, 6.45) is 2.04. The molecule has 2 aromatic rings. The van der Waals surface area contributed by atoms with Gasteiger partial charge in [0.1, 0.15) is 18.2 Å². The summed E-state index contributed by atoms with van der Waals surface area (Å²) >= 11 is 0. The average molecular weight is 413 g/mol. The van der Waals surface area contributed by atoms with Gasteiger partial charge in [0.25, 0.3) is 0 Å². The number of halogens is 1. The van der Waals surface area contributed by atoms with E-state index in [1.54, 1.807) is 18.2 Å². The Morgan fingerprint density at radius 1 is 1.17 bits per heavy atom. The van der Waals surface area contributed by atoms with E-state index >= 15 is 0 Å². The highest BCUT2D eigenvalue weighted by molar-refractivity contribution is 5.88. The molecule has 7 heteroatoms. The molecular formula is C23H29FN4O2. The molecule has 0 spiro atoms. The van der Waals surface area contributed by atoms with E-state index in [9.17, 15) is 9.18 Å². The third-order valence-electron chi connectivity index (χ3n) is 4.99. The first-order valence-corrected chi connectivity index (χ1v) is 10.3. The number of aliphatic imine (C=N–C) groups is 1. The quantitative estimate of drug-likeness (QED) is 0.335. The van der Waals surface area contributed by atoms with Gasteiger partial charge in [-0.2, -0.15) is 0 Å². The molecule has 1 fully saturated rings. The molecule has 1 amide bonds. The zero-order valence-electron chi connectivity index (χ0n) is 17.5. The summed E-state index contributed by atoms with van der Waals surface area (Å²) in [5, 5.41) is 9.25. The molecule has 30 heavy (non-hydrogen) atoms. The highest BCUT2D eigenvalue weighted by atomic mass is 19.1. The minimum absolute atomic E-state index is 0.0505. The van der Waals surface area contributed by atoms with Crippen molar-refractivity contribution in [1.82, 2.24) is 10.6 Å². The SMILES string of the molecule is CCNC(=NCC1(c2cccc(F)c2)CC1)NCCOc1cccc(NC(C)=O)c1. The summed E-state index contributed by atoms with van der Waals surface area (Å²) in [5.41, 5.74) is 1.67. The van der Waals surface area contributed by atoms with Crippen molar-refractivity contribution in [1.29, 1.82) is 0 Å². The van der Waals surface area contributed by atoms with Gasteiger partial charge in [-0.3, -0.25) is 9.79 Å². The van der Waals surface area contributed by atoms with Gasteiger partial charge in [-0.25, -0.2) is 4.39 Å². The van der Waals surface area contributed by atoms with Gasteiger partial charge < -0.3 is 20.7 Å². The Bertz CT molecular complexity index is 896. The van der Waals surface area contributed by atoms with Crippen molar-refractivity contribution in [2.45, 2.75) is 32.1 Å². The molecule has 1 aliphatic carbocycles. The number of carbonyl (C=O) groups excluding carboxylic acids is 1. The second-order valence-corrected chi connectivity index (χ2v) is 7.47. The van der Waals surface area contributed by atoms with E-state index in [2.05, 4.69) is 16.0 Å². The lowest BCUT2D eigenvalue weighted by Crippen LogP contribution is -2.39. The molecule has 3 N–H and O–H groups in total. The summed E-state index contributed by atoms with van der Waals surface area (Å²) in [6.45, 7) is 5.87. The van der Waals surface area contributed by atoms with Crippen molar-refractivity contribution in [3.05, 3.63) is 59.9 Å². The van der Waals surface area contributed by atoms with Crippen LogP contribution in [0.5, 0.6) is 5.75 Å². The molecular weight excluding hydrogens is 383 g/mol. The number of nitrogens with one attached hydrogen (secondary N) is 3. The van der Waals surface area contributed by atoms with Gasteiger partial charge in [0.2, 0.25) is 5.91 Å². The van der Waals surface area contributed by atoms with Gasteiger partial charge in [-0.05, 0) is 49.6 Å². The number of carbonyl (C=O) groups is 1. The minimum atomic E-state index is -0.201. The number of benzene rings is 2. The number of hydrogen-bond donors (Lipinski definition) is 3. The maximum absolute atomic E-state index is 13.6. The zero-order valence-corrected chi connectivity index (χ0v) is 17.5. The second-order valence-electron chi connectivity index (χ2n) is 7.47. The van der Waals surface area contributed by atoms with Gasteiger partial charge in [0.15, 0.2) is 5.96 Å². The molecule has 0 atom stereocenters. The van der Waals surface area contributed by atoms with Crippen LogP contribution in [0.15, 0.2) is 53.5 Å². The van der Waals surface area contributed by atoms with Gasteiger partial charge in [0.05, 0.1) is 13.1 Å². The highest BCUT2D eigenvalue weighted by Gasteiger charge is 2.44. The Morgan fingerprint density at radius 3 is 2.67 bits per heavy atom. The fourth-order valence-corrected chi connectivity index (χ4v) is 3.28. The van der Waals surface area contributed by atoms with Crippen molar-refractivity contribution < 1.29 is 13.9 Å². The van der Waals surface area contributed by atoms with Crippen molar-refractivity contribution >= 4 is 17.6 Å². The molecule has 1 saturated carbocycles. The van der Waals surface area contributed by atoms with E-state index in [0.29, 0.717) is 31.1 Å². The van der Waals surface area contributed by atoms with Crippen molar-refractivity contribution in [2.24, 2.45) is 4.99 Å². The Morgan fingerprint density at radius 2 is 1.97 bits per heavy atom. The van der Waals surface area contributed by atoms with Crippen LogP contribution in [0.4, 0.5) is 10.1 Å². The van der Waals surface area contributed by atoms with E-state index in [4.69, 9.17) is 9.73 Å². The van der Waals surface area contributed by atoms with Crippen LogP contribution < -0.4 is 20.7 Å². The highest BCUT2D eigenvalue weighted by Crippen LogP contribution is 2.48. The Hall–Kier alpha value is -3.09. The first-order valence-electron chi connectivity index (χ1n) is 10.3. The number of anilines is 1.